The highest BCUT2D eigenvalue weighted by molar-refractivity contribution is 7.53. The quantitative estimate of drug-likeness (QED) is 0.440. The molecule has 0 amide bonds. The number of hydrogen-bond acceptors (Lipinski definition) is 5. The molecule has 0 spiro atoms. The third kappa shape index (κ3) is 9.16. The Labute approximate surface area is 115 Å². The average molecular weight is 296 g/mol. The Bertz CT molecular complexity index is 282. The second-order valence-electron chi connectivity index (χ2n) is 4.34. The molecule has 0 unspecified atom stereocenters. The third-order valence-corrected chi connectivity index (χ3v) is 4.00. The van der Waals surface area contributed by atoms with Crippen LogP contribution < -0.4 is 0 Å². The number of carboxylic acids is 1. The van der Waals surface area contributed by atoms with Gasteiger partial charge in [0, 0.05) is 6.61 Å². The van der Waals surface area contributed by atoms with E-state index in [0.29, 0.717) is 19.6 Å². The molecule has 1 atom stereocenters. The van der Waals surface area contributed by atoms with Crippen LogP contribution in [0, 0.1) is 5.92 Å². The standard InChI is InChI=1S/C12H25O6P/c1-4-7-17-19(15,18-8-5-2)10-16-9-6-11(3)12(13)14/h11H,4-10H2,1-3H3,(H,13,14)/t11-/m0/s1. The van der Waals surface area contributed by atoms with Crippen molar-refractivity contribution in [1.82, 2.24) is 0 Å². The van der Waals surface area contributed by atoms with Gasteiger partial charge in [-0.3, -0.25) is 9.36 Å². The van der Waals surface area contributed by atoms with E-state index in [9.17, 15) is 9.36 Å². The summed E-state index contributed by atoms with van der Waals surface area (Å²) in [6.07, 6.45) is 1.74. The van der Waals surface area contributed by atoms with Crippen LogP contribution in [0.3, 0.4) is 0 Å². The summed E-state index contributed by atoms with van der Waals surface area (Å²) < 4.78 is 27.9. The molecule has 0 aromatic carbocycles. The van der Waals surface area contributed by atoms with E-state index in [4.69, 9.17) is 18.9 Å². The molecule has 0 saturated heterocycles. The molecule has 7 heteroatoms. The molecule has 1 N–H and O–H groups in total. The van der Waals surface area contributed by atoms with Crippen molar-refractivity contribution in [2.75, 3.05) is 26.2 Å². The molecular weight excluding hydrogens is 271 g/mol. The minimum Gasteiger partial charge on any atom is -0.481 e. The summed E-state index contributed by atoms with van der Waals surface area (Å²) in [5.74, 6) is -1.34. The van der Waals surface area contributed by atoms with Crippen LogP contribution in [0.1, 0.15) is 40.0 Å². The highest BCUT2D eigenvalue weighted by atomic mass is 31.2. The fourth-order valence-corrected chi connectivity index (χ4v) is 2.63. The van der Waals surface area contributed by atoms with Gasteiger partial charge >= 0.3 is 13.6 Å². The van der Waals surface area contributed by atoms with E-state index in [0.717, 1.165) is 12.8 Å². The summed E-state index contributed by atoms with van der Waals surface area (Å²) in [5, 5.41) is 8.71. The predicted molar refractivity (Wildman–Crippen MR) is 72.3 cm³/mol. The Morgan fingerprint density at radius 2 is 1.68 bits per heavy atom. The fraction of sp³-hybridized carbons (Fsp3) is 0.917. The van der Waals surface area contributed by atoms with Crippen molar-refractivity contribution in [3.8, 4) is 0 Å². The maximum Gasteiger partial charge on any atom is 0.356 e. The highest BCUT2D eigenvalue weighted by Gasteiger charge is 2.24. The van der Waals surface area contributed by atoms with Crippen LogP contribution in [0.4, 0.5) is 0 Å². The van der Waals surface area contributed by atoms with Crippen molar-refractivity contribution < 1.29 is 28.3 Å². The molecule has 0 radical (unpaired) electrons. The molecule has 0 aromatic rings. The SMILES string of the molecule is CCCOP(=O)(COCC[C@H](C)C(=O)O)OCCC. The molecule has 0 heterocycles. The number of ether oxygens (including phenoxy) is 1. The molecular formula is C12H25O6P. The molecule has 6 nitrogen and oxygen atoms in total. The molecule has 0 aliphatic carbocycles. The summed E-state index contributed by atoms with van der Waals surface area (Å²) >= 11 is 0. The van der Waals surface area contributed by atoms with Gasteiger partial charge in [0.15, 0.2) is 0 Å². The molecule has 0 bridgehead atoms. The van der Waals surface area contributed by atoms with E-state index >= 15 is 0 Å². The predicted octanol–water partition coefficient (Wildman–Crippen LogP) is 3.12. The maximum absolute atomic E-state index is 12.2. The number of aliphatic carboxylic acids is 1. The Morgan fingerprint density at radius 1 is 1.16 bits per heavy atom. The summed E-state index contributed by atoms with van der Waals surface area (Å²) in [4.78, 5) is 10.6. The lowest BCUT2D eigenvalue weighted by molar-refractivity contribution is -0.141. The molecule has 114 valence electrons. The van der Waals surface area contributed by atoms with Crippen molar-refractivity contribution in [3.05, 3.63) is 0 Å². The minimum atomic E-state index is -3.21. The van der Waals surface area contributed by atoms with Crippen LogP contribution in [0.25, 0.3) is 0 Å². The van der Waals surface area contributed by atoms with E-state index in [1.54, 1.807) is 6.92 Å². The molecule has 0 rings (SSSR count). The zero-order valence-corrected chi connectivity index (χ0v) is 12.9. The van der Waals surface area contributed by atoms with Crippen LogP contribution in [0.15, 0.2) is 0 Å². The van der Waals surface area contributed by atoms with Crippen LogP contribution in [0.5, 0.6) is 0 Å². The first-order valence-corrected chi connectivity index (χ1v) is 8.36. The van der Waals surface area contributed by atoms with Gasteiger partial charge in [0.25, 0.3) is 0 Å². The van der Waals surface area contributed by atoms with Gasteiger partial charge in [0.2, 0.25) is 0 Å². The first kappa shape index (κ1) is 18.6. The average Bonchev–Trinajstić information content (AvgIpc) is 2.39. The minimum absolute atomic E-state index is 0.126. The monoisotopic (exact) mass is 296 g/mol. The third-order valence-electron chi connectivity index (χ3n) is 2.35. The number of carbonyl (C=O) groups is 1. The molecule has 0 aliphatic heterocycles. The lowest BCUT2D eigenvalue weighted by Gasteiger charge is -2.18. The Balaban J connectivity index is 4.04. The van der Waals surface area contributed by atoms with Crippen molar-refractivity contribution in [2.24, 2.45) is 5.92 Å². The lowest BCUT2D eigenvalue weighted by Crippen LogP contribution is -2.13. The van der Waals surface area contributed by atoms with Crippen LogP contribution in [0.2, 0.25) is 0 Å². The van der Waals surface area contributed by atoms with Gasteiger partial charge in [-0.15, -0.1) is 0 Å². The second-order valence-corrected chi connectivity index (χ2v) is 6.34. The highest BCUT2D eigenvalue weighted by Crippen LogP contribution is 2.48. The fourth-order valence-electron chi connectivity index (χ4n) is 1.13. The molecule has 19 heavy (non-hydrogen) atoms. The normalized spacial score (nSPS) is 13.4. The van der Waals surface area contributed by atoms with Crippen LogP contribution in [-0.4, -0.2) is 37.2 Å². The van der Waals surface area contributed by atoms with Gasteiger partial charge in [-0.05, 0) is 19.3 Å². The second kappa shape index (κ2) is 10.4. The summed E-state index contributed by atoms with van der Waals surface area (Å²) in [7, 11) is -3.21. The van der Waals surface area contributed by atoms with Gasteiger partial charge in [0.05, 0.1) is 19.1 Å². The Hall–Kier alpha value is -0.420. The first-order valence-electron chi connectivity index (χ1n) is 6.63. The van der Waals surface area contributed by atoms with E-state index in [1.165, 1.54) is 0 Å². The maximum atomic E-state index is 12.2. The van der Waals surface area contributed by atoms with Gasteiger partial charge < -0.3 is 18.9 Å². The largest absolute Gasteiger partial charge is 0.481 e. The molecule has 0 aliphatic rings. The van der Waals surface area contributed by atoms with E-state index in [2.05, 4.69) is 0 Å². The summed E-state index contributed by atoms with van der Waals surface area (Å²) in [6.45, 7) is 6.37. The molecule has 0 aromatic heterocycles. The van der Waals surface area contributed by atoms with E-state index in [1.807, 2.05) is 13.8 Å². The lowest BCUT2D eigenvalue weighted by atomic mass is 10.1. The van der Waals surface area contributed by atoms with Crippen molar-refractivity contribution in [3.63, 3.8) is 0 Å². The number of hydrogen-bond donors (Lipinski definition) is 1. The topological polar surface area (TPSA) is 82.1 Å². The van der Waals surface area contributed by atoms with Crippen LogP contribution >= 0.6 is 7.60 Å². The van der Waals surface area contributed by atoms with Gasteiger partial charge in [0.1, 0.15) is 6.35 Å². The smallest absolute Gasteiger partial charge is 0.356 e. The number of carboxylic acid groups (broad SMARTS) is 1. The summed E-state index contributed by atoms with van der Waals surface area (Å²) in [6, 6.07) is 0. The van der Waals surface area contributed by atoms with Crippen molar-refractivity contribution in [2.45, 2.75) is 40.0 Å². The van der Waals surface area contributed by atoms with E-state index in [-0.39, 0.29) is 13.0 Å². The van der Waals surface area contributed by atoms with Crippen LogP contribution in [-0.2, 0) is 23.1 Å². The van der Waals surface area contributed by atoms with Gasteiger partial charge in [-0.25, -0.2) is 0 Å². The zero-order valence-electron chi connectivity index (χ0n) is 12.0. The van der Waals surface area contributed by atoms with Gasteiger partial charge in [-0.2, -0.15) is 0 Å². The molecule has 0 saturated carbocycles. The Morgan fingerprint density at radius 3 is 2.11 bits per heavy atom. The number of rotatable bonds is 12. The summed E-state index contributed by atoms with van der Waals surface area (Å²) in [5.41, 5.74) is 0. The Kier molecular flexibility index (Phi) is 10.1. The first-order chi connectivity index (χ1) is 8.95. The van der Waals surface area contributed by atoms with Crippen molar-refractivity contribution >= 4 is 13.6 Å². The van der Waals surface area contributed by atoms with Crippen molar-refractivity contribution in [1.29, 1.82) is 0 Å². The zero-order chi connectivity index (χ0) is 14.7. The van der Waals surface area contributed by atoms with E-state index < -0.39 is 19.5 Å². The molecule has 0 fully saturated rings. The van der Waals surface area contributed by atoms with Gasteiger partial charge in [-0.1, -0.05) is 20.8 Å².